The minimum absolute atomic E-state index is 0.371. The monoisotopic (exact) mass is 421 g/mol. The number of carbonyl (C=O) groups excluding carboxylic acids is 1. The summed E-state index contributed by atoms with van der Waals surface area (Å²) in [5.41, 5.74) is 0.586. The molecule has 0 aliphatic heterocycles. The summed E-state index contributed by atoms with van der Waals surface area (Å²) in [4.78, 5) is 12.1. The number of ether oxygens (including phenoxy) is 1. The van der Waals surface area contributed by atoms with Crippen molar-refractivity contribution in [3.63, 3.8) is 0 Å². The van der Waals surface area contributed by atoms with Crippen LogP contribution in [0.15, 0.2) is 46.0 Å². The molecule has 0 saturated heterocycles. The SMILES string of the molecule is CSCC[C@H](NC(=O)OC(C)(C)C)c1nnc(SCC=Cc2ccccc2)o1. The minimum Gasteiger partial charge on any atom is -0.444 e. The summed E-state index contributed by atoms with van der Waals surface area (Å²) in [7, 11) is 0. The Morgan fingerprint density at radius 1 is 1.29 bits per heavy atom. The molecule has 0 unspecified atom stereocenters. The van der Waals surface area contributed by atoms with Crippen molar-refractivity contribution in [2.24, 2.45) is 0 Å². The second kappa shape index (κ2) is 11.2. The number of aromatic nitrogens is 2. The zero-order chi connectivity index (χ0) is 20.4. The number of rotatable bonds is 9. The number of hydrogen-bond donors (Lipinski definition) is 1. The number of amides is 1. The largest absolute Gasteiger partial charge is 0.444 e. The number of nitrogens with one attached hydrogen (secondary N) is 1. The molecule has 6 nitrogen and oxygen atoms in total. The summed E-state index contributed by atoms with van der Waals surface area (Å²) < 4.78 is 11.1. The van der Waals surface area contributed by atoms with E-state index in [4.69, 9.17) is 9.15 Å². The molecule has 0 radical (unpaired) electrons. The molecule has 1 N–H and O–H groups in total. The van der Waals surface area contributed by atoms with E-state index in [0.29, 0.717) is 23.3 Å². The predicted molar refractivity (Wildman–Crippen MR) is 116 cm³/mol. The molecule has 1 heterocycles. The first kappa shape index (κ1) is 22.4. The Kier molecular flexibility index (Phi) is 8.92. The van der Waals surface area contributed by atoms with Crippen molar-refractivity contribution < 1.29 is 13.9 Å². The van der Waals surface area contributed by atoms with Crippen LogP contribution in [0.4, 0.5) is 4.79 Å². The molecule has 1 aromatic heterocycles. The Labute approximate surface area is 174 Å². The lowest BCUT2D eigenvalue weighted by Crippen LogP contribution is -2.35. The van der Waals surface area contributed by atoms with Gasteiger partial charge in [-0.05, 0) is 44.8 Å². The van der Waals surface area contributed by atoms with E-state index in [-0.39, 0.29) is 6.04 Å². The summed E-state index contributed by atoms with van der Waals surface area (Å²) in [6.07, 6.45) is 6.31. The Morgan fingerprint density at radius 2 is 2.04 bits per heavy atom. The van der Waals surface area contributed by atoms with Gasteiger partial charge in [0.1, 0.15) is 11.6 Å². The molecule has 2 aromatic rings. The highest BCUT2D eigenvalue weighted by Gasteiger charge is 2.24. The van der Waals surface area contributed by atoms with E-state index in [1.165, 1.54) is 11.8 Å². The van der Waals surface area contributed by atoms with Crippen LogP contribution in [-0.2, 0) is 4.74 Å². The maximum atomic E-state index is 12.1. The normalized spacial score (nSPS) is 12.9. The zero-order valence-electron chi connectivity index (χ0n) is 16.7. The topological polar surface area (TPSA) is 77.2 Å². The molecule has 1 aromatic carbocycles. The fourth-order valence-electron chi connectivity index (χ4n) is 2.23. The van der Waals surface area contributed by atoms with Crippen LogP contribution in [0.3, 0.4) is 0 Å². The number of benzene rings is 1. The standard InChI is InChI=1S/C20H27N3O3S2/c1-20(2,3)26-18(24)21-16(12-14-27-4)17-22-23-19(25-17)28-13-8-11-15-9-6-5-7-10-15/h5-11,16H,12-14H2,1-4H3,(H,21,24)/t16-/m0/s1. The van der Waals surface area contributed by atoms with Gasteiger partial charge >= 0.3 is 6.09 Å². The van der Waals surface area contributed by atoms with Gasteiger partial charge in [0.2, 0.25) is 5.89 Å². The van der Waals surface area contributed by atoms with Crippen LogP contribution in [0.25, 0.3) is 6.08 Å². The third-order valence-electron chi connectivity index (χ3n) is 3.43. The highest BCUT2D eigenvalue weighted by atomic mass is 32.2. The minimum atomic E-state index is -0.560. The average Bonchev–Trinajstić information content (AvgIpc) is 3.10. The van der Waals surface area contributed by atoms with Gasteiger partial charge in [-0.25, -0.2) is 4.79 Å². The summed E-state index contributed by atoms with van der Waals surface area (Å²) in [6.45, 7) is 5.48. The van der Waals surface area contributed by atoms with Gasteiger partial charge in [0.15, 0.2) is 0 Å². The number of carbonyl (C=O) groups is 1. The lowest BCUT2D eigenvalue weighted by atomic mass is 10.2. The molecule has 1 atom stereocenters. The first-order valence-corrected chi connectivity index (χ1v) is 11.4. The van der Waals surface area contributed by atoms with E-state index in [1.54, 1.807) is 11.8 Å². The van der Waals surface area contributed by atoms with E-state index in [1.807, 2.05) is 63.4 Å². The first-order valence-electron chi connectivity index (χ1n) is 9.03. The van der Waals surface area contributed by atoms with Crippen LogP contribution in [0, 0.1) is 0 Å². The molecular weight excluding hydrogens is 394 g/mol. The maximum Gasteiger partial charge on any atom is 0.408 e. The van der Waals surface area contributed by atoms with Crippen LogP contribution >= 0.6 is 23.5 Å². The molecule has 28 heavy (non-hydrogen) atoms. The van der Waals surface area contributed by atoms with Crippen molar-refractivity contribution in [1.29, 1.82) is 0 Å². The summed E-state index contributed by atoms with van der Waals surface area (Å²) in [5.74, 6) is 1.96. The van der Waals surface area contributed by atoms with Crippen molar-refractivity contribution in [3.8, 4) is 0 Å². The molecule has 152 valence electrons. The van der Waals surface area contributed by atoms with Gasteiger partial charge in [-0.1, -0.05) is 54.2 Å². The Morgan fingerprint density at radius 3 is 2.71 bits per heavy atom. The van der Waals surface area contributed by atoms with Crippen LogP contribution in [0.5, 0.6) is 0 Å². The zero-order valence-corrected chi connectivity index (χ0v) is 18.3. The molecule has 0 saturated carbocycles. The van der Waals surface area contributed by atoms with Crippen molar-refractivity contribution in [1.82, 2.24) is 15.5 Å². The highest BCUT2D eigenvalue weighted by molar-refractivity contribution is 7.99. The van der Waals surface area contributed by atoms with E-state index < -0.39 is 11.7 Å². The van der Waals surface area contributed by atoms with Gasteiger partial charge in [-0.15, -0.1) is 10.2 Å². The van der Waals surface area contributed by atoms with Crippen molar-refractivity contribution >= 4 is 35.7 Å². The Bertz CT molecular complexity index is 758. The van der Waals surface area contributed by atoms with Crippen LogP contribution in [0.1, 0.15) is 44.7 Å². The molecule has 0 bridgehead atoms. The summed E-state index contributed by atoms with van der Waals surface area (Å²) >= 11 is 3.14. The van der Waals surface area contributed by atoms with E-state index in [2.05, 4.69) is 21.6 Å². The van der Waals surface area contributed by atoms with Crippen LogP contribution in [-0.4, -0.2) is 39.7 Å². The molecule has 0 aliphatic carbocycles. The second-order valence-corrected chi connectivity index (χ2v) is 8.97. The highest BCUT2D eigenvalue weighted by Crippen LogP contribution is 2.23. The van der Waals surface area contributed by atoms with E-state index >= 15 is 0 Å². The van der Waals surface area contributed by atoms with Gasteiger partial charge in [0.25, 0.3) is 5.22 Å². The predicted octanol–water partition coefficient (Wildman–Crippen LogP) is 5.19. The van der Waals surface area contributed by atoms with Crippen molar-refractivity contribution in [2.45, 2.75) is 44.1 Å². The fourth-order valence-corrected chi connectivity index (χ4v) is 3.28. The van der Waals surface area contributed by atoms with Gasteiger partial charge in [0.05, 0.1) is 0 Å². The lowest BCUT2D eigenvalue weighted by molar-refractivity contribution is 0.0493. The first-order chi connectivity index (χ1) is 13.4. The molecule has 0 aliphatic rings. The lowest BCUT2D eigenvalue weighted by Gasteiger charge is -2.22. The summed E-state index contributed by atoms with van der Waals surface area (Å²) in [6, 6.07) is 9.72. The van der Waals surface area contributed by atoms with Gasteiger partial charge in [0, 0.05) is 5.75 Å². The maximum absolute atomic E-state index is 12.1. The molecule has 2 rings (SSSR count). The van der Waals surface area contributed by atoms with Crippen LogP contribution < -0.4 is 5.32 Å². The quantitative estimate of drug-likeness (QED) is 0.558. The molecule has 1 amide bonds. The van der Waals surface area contributed by atoms with E-state index in [0.717, 1.165) is 11.3 Å². The van der Waals surface area contributed by atoms with Gasteiger partial charge < -0.3 is 14.5 Å². The molecule has 0 fully saturated rings. The van der Waals surface area contributed by atoms with Crippen LogP contribution in [0.2, 0.25) is 0 Å². The van der Waals surface area contributed by atoms with Crippen molar-refractivity contribution in [3.05, 3.63) is 47.9 Å². The molecular formula is C20H27N3O3S2. The van der Waals surface area contributed by atoms with Crippen molar-refractivity contribution in [2.75, 3.05) is 17.8 Å². The number of thioether (sulfide) groups is 2. The fraction of sp³-hybridized carbons (Fsp3) is 0.450. The summed E-state index contributed by atoms with van der Waals surface area (Å²) in [5, 5.41) is 11.5. The number of nitrogens with zero attached hydrogens (tertiary/aromatic N) is 2. The smallest absolute Gasteiger partial charge is 0.408 e. The van der Waals surface area contributed by atoms with Gasteiger partial charge in [-0.3, -0.25) is 0 Å². The van der Waals surface area contributed by atoms with E-state index in [9.17, 15) is 4.79 Å². The number of alkyl carbamates (subject to hydrolysis) is 1. The van der Waals surface area contributed by atoms with Gasteiger partial charge in [-0.2, -0.15) is 11.8 Å². The molecule has 0 spiro atoms. The average molecular weight is 422 g/mol. The number of hydrogen-bond acceptors (Lipinski definition) is 7. The molecule has 8 heteroatoms. The third kappa shape index (κ3) is 8.39. The Hall–Kier alpha value is -1.93. The second-order valence-electron chi connectivity index (χ2n) is 7.01. The Balaban J connectivity index is 1.92. The third-order valence-corrected chi connectivity index (χ3v) is 4.85.